The molecule has 1 N–H and O–H groups in total. The second-order valence-electron chi connectivity index (χ2n) is 4.83. The van der Waals surface area contributed by atoms with Crippen LogP contribution in [0.5, 0.6) is 0 Å². The zero-order valence-corrected chi connectivity index (χ0v) is 9.56. The van der Waals surface area contributed by atoms with Crippen molar-refractivity contribution in [1.29, 1.82) is 0 Å². The van der Waals surface area contributed by atoms with Gasteiger partial charge in [-0.1, -0.05) is 12.8 Å². The van der Waals surface area contributed by atoms with Crippen LogP contribution in [0.25, 0.3) is 0 Å². The molecule has 15 heavy (non-hydrogen) atoms. The summed E-state index contributed by atoms with van der Waals surface area (Å²) in [6.45, 7) is 5.31. The summed E-state index contributed by atoms with van der Waals surface area (Å²) < 4.78 is 0. The summed E-state index contributed by atoms with van der Waals surface area (Å²) in [4.78, 5) is 23.7. The van der Waals surface area contributed by atoms with Gasteiger partial charge >= 0.3 is 5.97 Å². The van der Waals surface area contributed by atoms with Crippen molar-refractivity contribution in [3.05, 3.63) is 0 Å². The van der Waals surface area contributed by atoms with E-state index in [9.17, 15) is 14.7 Å². The summed E-state index contributed by atoms with van der Waals surface area (Å²) >= 11 is 0. The molecule has 0 radical (unpaired) electrons. The molecule has 0 aromatic carbocycles. The van der Waals surface area contributed by atoms with Gasteiger partial charge in [0.25, 0.3) is 0 Å². The van der Waals surface area contributed by atoms with Crippen molar-refractivity contribution in [3.63, 3.8) is 0 Å². The van der Waals surface area contributed by atoms with Crippen molar-refractivity contribution in [2.75, 3.05) is 0 Å². The second-order valence-corrected chi connectivity index (χ2v) is 4.83. The molecule has 1 fully saturated rings. The predicted octanol–water partition coefficient (Wildman–Crippen LogP) is 1.50. The van der Waals surface area contributed by atoms with E-state index in [1.54, 1.807) is 6.92 Å². The maximum atomic E-state index is 11.3. The Morgan fingerprint density at radius 2 is 2.13 bits per heavy atom. The van der Waals surface area contributed by atoms with E-state index < -0.39 is 11.5 Å². The zero-order chi connectivity index (χ0) is 11.6. The second kappa shape index (κ2) is 4.21. The first-order chi connectivity index (χ1) is 6.91. The van der Waals surface area contributed by atoms with Crippen molar-refractivity contribution >= 4 is 12.4 Å². The molecule has 1 saturated carbocycles. The van der Waals surface area contributed by atoms with Crippen LogP contribution in [0.3, 0.4) is 0 Å². The van der Waals surface area contributed by atoms with Gasteiger partial charge in [0, 0.05) is 6.04 Å². The Balaban J connectivity index is 2.85. The first-order valence-electron chi connectivity index (χ1n) is 5.39. The Bertz CT molecular complexity index is 261. The van der Waals surface area contributed by atoms with E-state index in [0.29, 0.717) is 18.7 Å². The van der Waals surface area contributed by atoms with Crippen LogP contribution >= 0.6 is 0 Å². The zero-order valence-electron chi connectivity index (χ0n) is 9.56. The van der Waals surface area contributed by atoms with Gasteiger partial charge in [-0.15, -0.1) is 0 Å². The van der Waals surface area contributed by atoms with E-state index in [0.717, 1.165) is 12.8 Å². The lowest BCUT2D eigenvalue weighted by molar-refractivity contribution is -0.156. The van der Waals surface area contributed by atoms with Crippen LogP contribution in [0.15, 0.2) is 0 Å². The number of carboxylic acids is 1. The largest absolute Gasteiger partial charge is 0.480 e. The Hall–Kier alpha value is -1.06. The maximum Gasteiger partial charge on any atom is 0.329 e. The fraction of sp³-hybridized carbons (Fsp3) is 0.818. The third-order valence-corrected chi connectivity index (χ3v) is 3.08. The van der Waals surface area contributed by atoms with Crippen molar-refractivity contribution in [1.82, 2.24) is 4.90 Å². The van der Waals surface area contributed by atoms with Gasteiger partial charge in [-0.2, -0.15) is 0 Å². The number of hydrogen-bond acceptors (Lipinski definition) is 2. The van der Waals surface area contributed by atoms with Crippen LogP contribution in [-0.2, 0) is 9.59 Å². The molecular weight excluding hydrogens is 194 g/mol. The molecule has 1 rings (SSSR count). The standard InChI is InChI=1S/C11H19NO3/c1-8(2)12(7-13)11(3,10(14)15)6-9-4-5-9/h7-9H,4-6H2,1-3H3,(H,14,15). The summed E-state index contributed by atoms with van der Waals surface area (Å²) in [7, 11) is 0. The van der Waals surface area contributed by atoms with Gasteiger partial charge < -0.3 is 10.0 Å². The van der Waals surface area contributed by atoms with E-state index in [4.69, 9.17) is 0 Å². The van der Waals surface area contributed by atoms with Crippen LogP contribution in [0.4, 0.5) is 0 Å². The van der Waals surface area contributed by atoms with E-state index >= 15 is 0 Å². The molecule has 86 valence electrons. The highest BCUT2D eigenvalue weighted by atomic mass is 16.4. The summed E-state index contributed by atoms with van der Waals surface area (Å²) in [6.07, 6.45) is 3.40. The third kappa shape index (κ3) is 2.49. The molecule has 1 amide bonds. The average molecular weight is 213 g/mol. The van der Waals surface area contributed by atoms with Crippen LogP contribution in [0.1, 0.15) is 40.0 Å². The number of nitrogens with zero attached hydrogens (tertiary/aromatic N) is 1. The summed E-state index contributed by atoms with van der Waals surface area (Å²) in [5.41, 5.74) is -1.04. The van der Waals surface area contributed by atoms with Gasteiger partial charge in [0.05, 0.1) is 0 Å². The molecule has 1 atom stereocenters. The molecule has 0 bridgehead atoms. The van der Waals surface area contributed by atoms with Gasteiger partial charge in [0.1, 0.15) is 5.54 Å². The van der Waals surface area contributed by atoms with Gasteiger partial charge in [-0.25, -0.2) is 4.79 Å². The Morgan fingerprint density at radius 1 is 1.60 bits per heavy atom. The number of amides is 1. The number of aliphatic carboxylic acids is 1. The van der Waals surface area contributed by atoms with Gasteiger partial charge in [0.2, 0.25) is 6.41 Å². The molecule has 0 heterocycles. The minimum atomic E-state index is -1.04. The first-order valence-corrected chi connectivity index (χ1v) is 5.39. The highest BCUT2D eigenvalue weighted by Crippen LogP contribution is 2.39. The van der Waals surface area contributed by atoms with E-state index in [2.05, 4.69) is 0 Å². The fourth-order valence-electron chi connectivity index (χ4n) is 2.00. The van der Waals surface area contributed by atoms with Crippen LogP contribution in [-0.4, -0.2) is 34.0 Å². The Kier molecular flexibility index (Phi) is 3.37. The number of carboxylic acid groups (broad SMARTS) is 1. The molecule has 1 aliphatic carbocycles. The molecule has 0 saturated heterocycles. The monoisotopic (exact) mass is 213 g/mol. The molecule has 1 aliphatic rings. The highest BCUT2D eigenvalue weighted by molar-refractivity contribution is 5.81. The van der Waals surface area contributed by atoms with Crippen molar-refractivity contribution in [2.45, 2.75) is 51.6 Å². The molecule has 0 aromatic heterocycles. The Labute approximate surface area is 90.3 Å². The summed E-state index contributed by atoms with van der Waals surface area (Å²) in [5.74, 6) is -0.428. The molecule has 4 nitrogen and oxygen atoms in total. The van der Waals surface area contributed by atoms with Gasteiger partial charge in [-0.05, 0) is 33.1 Å². The van der Waals surface area contributed by atoms with Crippen molar-refractivity contribution in [3.8, 4) is 0 Å². The van der Waals surface area contributed by atoms with E-state index in [1.807, 2.05) is 13.8 Å². The number of carbonyl (C=O) groups excluding carboxylic acids is 1. The molecule has 0 spiro atoms. The molecule has 0 aliphatic heterocycles. The fourth-order valence-corrected chi connectivity index (χ4v) is 2.00. The molecular formula is C11H19NO3. The average Bonchev–Trinajstić information content (AvgIpc) is 2.88. The molecule has 0 aromatic rings. The normalized spacial score (nSPS) is 19.7. The summed E-state index contributed by atoms with van der Waals surface area (Å²) in [5, 5.41) is 9.26. The van der Waals surface area contributed by atoms with E-state index in [1.165, 1.54) is 4.90 Å². The predicted molar refractivity (Wildman–Crippen MR) is 56.4 cm³/mol. The topological polar surface area (TPSA) is 57.6 Å². The van der Waals surface area contributed by atoms with Gasteiger partial charge in [0.15, 0.2) is 0 Å². The lowest BCUT2D eigenvalue weighted by atomic mass is 9.92. The first kappa shape index (κ1) is 12.0. The SMILES string of the molecule is CC(C)N(C=O)C(C)(CC1CC1)C(=O)O. The number of rotatable bonds is 6. The maximum absolute atomic E-state index is 11.3. The van der Waals surface area contributed by atoms with Crippen LogP contribution in [0.2, 0.25) is 0 Å². The number of hydrogen-bond donors (Lipinski definition) is 1. The van der Waals surface area contributed by atoms with Gasteiger partial charge in [-0.3, -0.25) is 4.79 Å². The van der Waals surface area contributed by atoms with Crippen LogP contribution < -0.4 is 0 Å². The van der Waals surface area contributed by atoms with Crippen molar-refractivity contribution in [2.24, 2.45) is 5.92 Å². The van der Waals surface area contributed by atoms with E-state index in [-0.39, 0.29) is 6.04 Å². The van der Waals surface area contributed by atoms with Crippen molar-refractivity contribution < 1.29 is 14.7 Å². The summed E-state index contributed by atoms with van der Waals surface area (Å²) in [6, 6.07) is -0.0812. The molecule has 1 unspecified atom stereocenters. The minimum absolute atomic E-state index is 0.0812. The van der Waals surface area contributed by atoms with Crippen LogP contribution in [0, 0.1) is 5.92 Å². The lowest BCUT2D eigenvalue weighted by Crippen LogP contribution is -2.55. The molecule has 4 heteroatoms. The third-order valence-electron chi connectivity index (χ3n) is 3.08. The Morgan fingerprint density at radius 3 is 2.40 bits per heavy atom. The highest BCUT2D eigenvalue weighted by Gasteiger charge is 2.44. The quantitative estimate of drug-likeness (QED) is 0.680. The smallest absolute Gasteiger partial charge is 0.329 e. The number of carbonyl (C=O) groups is 2. The minimum Gasteiger partial charge on any atom is -0.480 e. The lowest BCUT2D eigenvalue weighted by Gasteiger charge is -2.38.